The summed E-state index contributed by atoms with van der Waals surface area (Å²) in [6.07, 6.45) is -0.916. The van der Waals surface area contributed by atoms with E-state index in [1.54, 1.807) is 6.92 Å². The lowest BCUT2D eigenvalue weighted by atomic mass is 10.3. The van der Waals surface area contributed by atoms with Crippen molar-refractivity contribution >= 4 is 23.6 Å². The van der Waals surface area contributed by atoms with Crippen LogP contribution in [0.5, 0.6) is 0 Å². The van der Waals surface area contributed by atoms with E-state index >= 15 is 0 Å². The van der Waals surface area contributed by atoms with E-state index in [0.717, 1.165) is 30.0 Å². The highest BCUT2D eigenvalue weighted by atomic mass is 32.2. The second-order valence-electron chi connectivity index (χ2n) is 3.89. The van der Waals surface area contributed by atoms with Gasteiger partial charge < -0.3 is 10.1 Å². The molecule has 1 amide bonds. The van der Waals surface area contributed by atoms with E-state index < -0.39 is 29.6 Å². The smallest absolute Gasteiger partial charge is 0.317 e. The van der Waals surface area contributed by atoms with Gasteiger partial charge in [0, 0.05) is 11.4 Å². The number of nitrogens with one attached hydrogen (secondary N) is 1. The maximum Gasteiger partial charge on any atom is 0.317 e. The number of hydrogen-bond acceptors (Lipinski definition) is 4. The molecule has 1 N–H and O–H groups in total. The van der Waals surface area contributed by atoms with Gasteiger partial charge in [-0.25, -0.2) is 8.78 Å². The predicted molar refractivity (Wildman–Crippen MR) is 71.3 cm³/mol. The molecular formula is C13H15F2NO3S. The first-order chi connectivity index (χ1) is 9.43. The first-order valence-corrected chi connectivity index (χ1v) is 6.97. The SMILES string of the molecule is CCNC(=O)[C@H](C)OC(=O)CSc1cc(F)ccc1F. The third-order valence-corrected chi connectivity index (χ3v) is 3.27. The fourth-order valence-electron chi connectivity index (χ4n) is 1.33. The van der Waals surface area contributed by atoms with Crippen molar-refractivity contribution in [3.8, 4) is 0 Å². The van der Waals surface area contributed by atoms with E-state index in [1.165, 1.54) is 6.92 Å². The zero-order valence-corrected chi connectivity index (χ0v) is 11.9. The average molecular weight is 303 g/mol. The number of thioether (sulfide) groups is 1. The van der Waals surface area contributed by atoms with Gasteiger partial charge in [0.15, 0.2) is 6.10 Å². The number of rotatable bonds is 6. The van der Waals surface area contributed by atoms with Gasteiger partial charge in [-0.1, -0.05) is 0 Å². The highest BCUT2D eigenvalue weighted by Crippen LogP contribution is 2.22. The minimum absolute atomic E-state index is 0.0209. The first kappa shape index (κ1) is 16.4. The summed E-state index contributed by atoms with van der Waals surface area (Å²) in [5, 5.41) is 2.51. The van der Waals surface area contributed by atoms with Crippen LogP contribution in [-0.2, 0) is 14.3 Å². The molecule has 0 heterocycles. The van der Waals surface area contributed by atoms with Gasteiger partial charge in [0.1, 0.15) is 11.6 Å². The van der Waals surface area contributed by atoms with Crippen LogP contribution in [-0.4, -0.2) is 30.3 Å². The number of carbonyl (C=O) groups is 2. The van der Waals surface area contributed by atoms with Gasteiger partial charge in [0.05, 0.1) is 5.75 Å². The molecule has 1 aromatic rings. The van der Waals surface area contributed by atoms with E-state index in [2.05, 4.69) is 5.32 Å². The van der Waals surface area contributed by atoms with Gasteiger partial charge in [-0.2, -0.15) is 0 Å². The largest absolute Gasteiger partial charge is 0.452 e. The molecule has 20 heavy (non-hydrogen) atoms. The Kier molecular flexibility index (Phi) is 6.44. The van der Waals surface area contributed by atoms with Gasteiger partial charge in [-0.15, -0.1) is 11.8 Å². The van der Waals surface area contributed by atoms with Crippen LogP contribution in [0, 0.1) is 11.6 Å². The summed E-state index contributed by atoms with van der Waals surface area (Å²) in [6.45, 7) is 3.62. The third-order valence-electron chi connectivity index (χ3n) is 2.27. The molecule has 7 heteroatoms. The highest BCUT2D eigenvalue weighted by Gasteiger charge is 2.17. The number of amides is 1. The van der Waals surface area contributed by atoms with E-state index in [-0.39, 0.29) is 10.6 Å². The van der Waals surface area contributed by atoms with Crippen molar-refractivity contribution in [3.63, 3.8) is 0 Å². The standard InChI is InChI=1S/C13H15F2NO3S/c1-3-16-13(18)8(2)19-12(17)7-20-11-6-9(14)4-5-10(11)15/h4-6,8H,3,7H2,1-2H3,(H,16,18)/t8-/m0/s1. The maximum atomic E-state index is 13.3. The molecule has 0 aliphatic rings. The minimum atomic E-state index is -0.916. The van der Waals surface area contributed by atoms with Gasteiger partial charge in [0.2, 0.25) is 0 Å². The minimum Gasteiger partial charge on any atom is -0.452 e. The Morgan fingerprint density at radius 2 is 2.10 bits per heavy atom. The number of hydrogen-bond donors (Lipinski definition) is 1. The molecule has 1 atom stereocenters. The Labute approximate surface area is 119 Å². The molecule has 0 saturated carbocycles. The van der Waals surface area contributed by atoms with Crippen LogP contribution in [0.2, 0.25) is 0 Å². The summed E-state index contributed by atoms with van der Waals surface area (Å²) in [7, 11) is 0. The molecule has 0 spiro atoms. The second kappa shape index (κ2) is 7.84. The average Bonchev–Trinajstić information content (AvgIpc) is 2.40. The third kappa shape index (κ3) is 5.16. The van der Waals surface area contributed by atoms with Gasteiger partial charge in [-0.05, 0) is 32.0 Å². The lowest BCUT2D eigenvalue weighted by Gasteiger charge is -2.12. The number of likely N-dealkylation sites (N-methyl/N-ethyl adjacent to an activating group) is 1. The number of carbonyl (C=O) groups excluding carboxylic acids is 2. The molecule has 110 valence electrons. The van der Waals surface area contributed by atoms with Crippen LogP contribution >= 0.6 is 11.8 Å². The summed E-state index contributed by atoms with van der Waals surface area (Å²) in [4.78, 5) is 22.9. The summed E-state index contributed by atoms with van der Waals surface area (Å²) < 4.78 is 31.1. The lowest BCUT2D eigenvalue weighted by Crippen LogP contribution is -2.35. The summed E-state index contributed by atoms with van der Waals surface area (Å²) in [5.41, 5.74) is 0. The number of halogens is 2. The van der Waals surface area contributed by atoms with Crippen molar-refractivity contribution in [2.24, 2.45) is 0 Å². The highest BCUT2D eigenvalue weighted by molar-refractivity contribution is 8.00. The molecule has 0 radical (unpaired) electrons. The maximum absolute atomic E-state index is 13.3. The van der Waals surface area contributed by atoms with Crippen molar-refractivity contribution in [1.29, 1.82) is 0 Å². The molecule has 1 rings (SSSR count). The Morgan fingerprint density at radius 1 is 1.40 bits per heavy atom. The van der Waals surface area contributed by atoms with Crippen molar-refractivity contribution < 1.29 is 23.1 Å². The molecule has 0 saturated heterocycles. The Hall–Kier alpha value is -1.63. The summed E-state index contributed by atoms with van der Waals surface area (Å²) >= 11 is 0.815. The van der Waals surface area contributed by atoms with E-state index in [0.29, 0.717) is 6.54 Å². The molecule has 0 aliphatic carbocycles. The fraction of sp³-hybridized carbons (Fsp3) is 0.385. The van der Waals surface area contributed by atoms with Crippen LogP contribution in [0.25, 0.3) is 0 Å². The van der Waals surface area contributed by atoms with Gasteiger partial charge in [0.25, 0.3) is 5.91 Å². The lowest BCUT2D eigenvalue weighted by molar-refractivity contribution is -0.152. The normalized spacial score (nSPS) is 11.8. The van der Waals surface area contributed by atoms with Crippen molar-refractivity contribution in [3.05, 3.63) is 29.8 Å². The van der Waals surface area contributed by atoms with E-state index in [4.69, 9.17) is 4.74 Å². The van der Waals surface area contributed by atoms with Crippen molar-refractivity contribution in [2.45, 2.75) is 24.8 Å². The van der Waals surface area contributed by atoms with Crippen LogP contribution in [0.15, 0.2) is 23.1 Å². The van der Waals surface area contributed by atoms with Crippen LogP contribution in [0.4, 0.5) is 8.78 Å². The zero-order valence-electron chi connectivity index (χ0n) is 11.1. The Morgan fingerprint density at radius 3 is 2.75 bits per heavy atom. The van der Waals surface area contributed by atoms with Crippen LogP contribution in [0.1, 0.15) is 13.8 Å². The Balaban J connectivity index is 2.47. The second-order valence-corrected chi connectivity index (χ2v) is 4.91. The van der Waals surface area contributed by atoms with Gasteiger partial charge in [-0.3, -0.25) is 9.59 Å². The monoisotopic (exact) mass is 303 g/mol. The summed E-state index contributed by atoms with van der Waals surface area (Å²) in [6, 6.07) is 2.98. The van der Waals surface area contributed by atoms with Crippen molar-refractivity contribution in [1.82, 2.24) is 5.32 Å². The van der Waals surface area contributed by atoms with E-state index in [9.17, 15) is 18.4 Å². The fourth-order valence-corrected chi connectivity index (χ4v) is 2.07. The van der Waals surface area contributed by atoms with Gasteiger partial charge >= 0.3 is 5.97 Å². The molecule has 0 aliphatic heterocycles. The molecular weight excluding hydrogens is 288 g/mol. The number of ether oxygens (including phenoxy) is 1. The Bertz CT molecular complexity index is 497. The van der Waals surface area contributed by atoms with Crippen molar-refractivity contribution in [2.75, 3.05) is 12.3 Å². The number of benzene rings is 1. The topological polar surface area (TPSA) is 55.4 Å². The van der Waals surface area contributed by atoms with Crippen LogP contribution < -0.4 is 5.32 Å². The zero-order chi connectivity index (χ0) is 15.1. The first-order valence-electron chi connectivity index (χ1n) is 5.99. The summed E-state index contributed by atoms with van der Waals surface area (Å²) in [5.74, 6) is -2.47. The molecule has 1 aromatic carbocycles. The van der Waals surface area contributed by atoms with E-state index in [1.807, 2.05) is 0 Å². The van der Waals surface area contributed by atoms with Crippen LogP contribution in [0.3, 0.4) is 0 Å². The molecule has 0 bridgehead atoms. The quantitative estimate of drug-likeness (QED) is 0.646. The predicted octanol–water partition coefficient (Wildman–Crippen LogP) is 2.12. The molecule has 0 aromatic heterocycles. The molecule has 0 fully saturated rings. The number of esters is 1. The molecule has 0 unspecified atom stereocenters. The molecule has 4 nitrogen and oxygen atoms in total.